The van der Waals surface area contributed by atoms with Gasteiger partial charge >= 0.3 is 6.09 Å². The molecular formula is C28H33N3O3. The van der Waals surface area contributed by atoms with Crippen molar-refractivity contribution in [3.05, 3.63) is 89.7 Å². The van der Waals surface area contributed by atoms with Gasteiger partial charge in [0.25, 0.3) is 0 Å². The van der Waals surface area contributed by atoms with Crippen molar-refractivity contribution in [1.82, 2.24) is 9.88 Å². The number of pyridine rings is 1. The zero-order valence-electron chi connectivity index (χ0n) is 20.1. The average molecular weight is 460 g/mol. The minimum atomic E-state index is -0.369. The number of amides is 2. The molecule has 34 heavy (non-hydrogen) atoms. The molecule has 0 spiro atoms. The number of benzene rings is 2. The van der Waals surface area contributed by atoms with Gasteiger partial charge in [-0.15, -0.1) is 0 Å². The van der Waals surface area contributed by atoms with E-state index in [-0.39, 0.29) is 30.6 Å². The monoisotopic (exact) mass is 459 g/mol. The van der Waals surface area contributed by atoms with Crippen LogP contribution in [-0.2, 0) is 9.53 Å². The molecule has 1 saturated heterocycles. The van der Waals surface area contributed by atoms with Gasteiger partial charge in [0, 0.05) is 31.3 Å². The van der Waals surface area contributed by atoms with Crippen molar-refractivity contribution < 1.29 is 14.3 Å². The fourth-order valence-corrected chi connectivity index (χ4v) is 3.90. The number of cyclic esters (lactones) is 1. The predicted molar refractivity (Wildman–Crippen MR) is 134 cm³/mol. The van der Waals surface area contributed by atoms with E-state index in [0.29, 0.717) is 19.4 Å². The maximum absolute atomic E-state index is 12.4. The summed E-state index contributed by atoms with van der Waals surface area (Å²) in [6, 6.07) is 22.4. The molecule has 3 aromatic rings. The van der Waals surface area contributed by atoms with Gasteiger partial charge in [-0.1, -0.05) is 60.2 Å². The first-order valence-corrected chi connectivity index (χ1v) is 11.6. The Hall–Kier alpha value is -3.67. The highest BCUT2D eigenvalue weighted by Crippen LogP contribution is 2.28. The summed E-state index contributed by atoms with van der Waals surface area (Å²) in [6.45, 7) is 6.66. The Labute approximate surface area is 201 Å². The van der Waals surface area contributed by atoms with Gasteiger partial charge in [0.15, 0.2) is 0 Å². The largest absolute Gasteiger partial charge is 0.446 e. The fourth-order valence-electron chi connectivity index (χ4n) is 3.90. The van der Waals surface area contributed by atoms with Crippen molar-refractivity contribution in [2.45, 2.75) is 52.2 Å². The molecule has 0 bridgehead atoms. The number of hydrogen-bond acceptors (Lipinski definition) is 4. The zero-order chi connectivity index (χ0) is 24.5. The molecule has 1 aromatic heterocycles. The van der Waals surface area contributed by atoms with Crippen molar-refractivity contribution in [2.24, 2.45) is 5.73 Å². The first-order valence-electron chi connectivity index (χ1n) is 11.6. The van der Waals surface area contributed by atoms with E-state index in [1.807, 2.05) is 56.3 Å². The second-order valence-corrected chi connectivity index (χ2v) is 8.63. The van der Waals surface area contributed by atoms with Crippen LogP contribution in [0.3, 0.4) is 0 Å². The molecule has 0 radical (unpaired) electrons. The Morgan fingerprint density at radius 3 is 2.35 bits per heavy atom. The van der Waals surface area contributed by atoms with Crippen LogP contribution in [0.1, 0.15) is 49.0 Å². The Balaban J connectivity index is 0.000000396. The number of carbonyl (C=O) groups is 2. The Kier molecular flexibility index (Phi) is 8.79. The van der Waals surface area contributed by atoms with Crippen LogP contribution < -0.4 is 5.73 Å². The van der Waals surface area contributed by atoms with Crippen molar-refractivity contribution in [1.29, 1.82) is 0 Å². The summed E-state index contributed by atoms with van der Waals surface area (Å²) in [5.41, 5.74) is 10.8. The third-order valence-electron chi connectivity index (χ3n) is 5.94. The number of aryl methyl sites for hydroxylation is 2. The van der Waals surface area contributed by atoms with Gasteiger partial charge in [-0.25, -0.2) is 4.79 Å². The smallest absolute Gasteiger partial charge is 0.410 e. The number of primary amides is 1. The average Bonchev–Trinajstić information content (AvgIpc) is 2.83. The Morgan fingerprint density at radius 2 is 1.79 bits per heavy atom. The first kappa shape index (κ1) is 25.0. The number of nitrogens with two attached hydrogens (primary N) is 1. The van der Waals surface area contributed by atoms with E-state index >= 15 is 0 Å². The van der Waals surface area contributed by atoms with E-state index in [9.17, 15) is 9.59 Å². The van der Waals surface area contributed by atoms with Crippen LogP contribution in [0.15, 0.2) is 72.9 Å². The molecule has 1 fully saturated rings. The molecule has 1 aliphatic heterocycles. The standard InChI is InChI=1S/C21H25N3O3.C7H8/c1-14-13-18(9-11-23-14)17-5-3-16(4-6-17)15(2)24-12-10-19(27-21(24)26)7-8-20(22)25;1-7-5-3-2-4-6-7/h3-6,9,11,13,15,19H,7-8,10,12H2,1-2H3,(H2,22,25);2-6H,1H3. The fraction of sp³-hybridized carbons (Fsp3) is 0.321. The van der Waals surface area contributed by atoms with Crippen molar-refractivity contribution in [3.8, 4) is 11.1 Å². The van der Waals surface area contributed by atoms with Crippen molar-refractivity contribution in [2.75, 3.05) is 6.54 Å². The molecule has 2 unspecified atom stereocenters. The lowest BCUT2D eigenvalue weighted by atomic mass is 10.00. The number of rotatable bonds is 6. The van der Waals surface area contributed by atoms with Crippen LogP contribution in [0.4, 0.5) is 4.79 Å². The van der Waals surface area contributed by atoms with Gasteiger partial charge in [0.2, 0.25) is 5.91 Å². The lowest BCUT2D eigenvalue weighted by Gasteiger charge is -2.35. The summed E-state index contributed by atoms with van der Waals surface area (Å²) in [5, 5.41) is 0. The van der Waals surface area contributed by atoms with Crippen molar-refractivity contribution in [3.63, 3.8) is 0 Å². The SMILES string of the molecule is Cc1cc(-c2ccc(C(C)N3CCC(CCC(N)=O)OC3=O)cc2)ccn1.Cc1ccccc1. The minimum Gasteiger partial charge on any atom is -0.446 e. The van der Waals surface area contributed by atoms with Gasteiger partial charge in [0.05, 0.1) is 6.04 Å². The van der Waals surface area contributed by atoms with E-state index in [1.54, 1.807) is 11.1 Å². The molecular weight excluding hydrogens is 426 g/mol. The first-order chi connectivity index (χ1) is 16.3. The quantitative estimate of drug-likeness (QED) is 0.521. The van der Waals surface area contributed by atoms with Gasteiger partial charge in [-0.3, -0.25) is 9.78 Å². The molecule has 178 valence electrons. The summed E-state index contributed by atoms with van der Waals surface area (Å²) in [6.07, 6.45) is 2.67. The molecule has 2 aromatic carbocycles. The van der Waals surface area contributed by atoms with Gasteiger partial charge in [0.1, 0.15) is 6.10 Å². The zero-order valence-corrected chi connectivity index (χ0v) is 20.1. The predicted octanol–water partition coefficient (Wildman–Crippen LogP) is 5.59. The highest BCUT2D eigenvalue weighted by atomic mass is 16.6. The lowest BCUT2D eigenvalue weighted by molar-refractivity contribution is -0.118. The second-order valence-electron chi connectivity index (χ2n) is 8.63. The van der Waals surface area contributed by atoms with Crippen LogP contribution in [0.2, 0.25) is 0 Å². The third-order valence-corrected chi connectivity index (χ3v) is 5.94. The highest BCUT2D eigenvalue weighted by molar-refractivity contribution is 5.74. The maximum Gasteiger partial charge on any atom is 0.410 e. The summed E-state index contributed by atoms with van der Waals surface area (Å²) in [5.74, 6) is -0.369. The number of ether oxygens (including phenoxy) is 1. The lowest BCUT2D eigenvalue weighted by Crippen LogP contribution is -2.43. The molecule has 2 atom stereocenters. The minimum absolute atomic E-state index is 0.0807. The molecule has 0 saturated carbocycles. The van der Waals surface area contributed by atoms with Crippen LogP contribution >= 0.6 is 0 Å². The van der Waals surface area contributed by atoms with E-state index in [2.05, 4.69) is 36.2 Å². The topological polar surface area (TPSA) is 85.5 Å². The van der Waals surface area contributed by atoms with E-state index in [0.717, 1.165) is 22.4 Å². The summed E-state index contributed by atoms with van der Waals surface area (Å²) in [7, 11) is 0. The Bertz CT molecular complexity index is 1080. The second kappa shape index (κ2) is 12.0. The van der Waals surface area contributed by atoms with Crippen LogP contribution in [-0.4, -0.2) is 34.5 Å². The normalized spacial score (nSPS) is 16.1. The maximum atomic E-state index is 12.4. The molecule has 2 heterocycles. The molecule has 1 aliphatic rings. The van der Waals surface area contributed by atoms with E-state index in [4.69, 9.17) is 10.5 Å². The number of carbonyl (C=O) groups excluding carboxylic acids is 2. The highest BCUT2D eigenvalue weighted by Gasteiger charge is 2.31. The number of aromatic nitrogens is 1. The molecule has 6 nitrogen and oxygen atoms in total. The van der Waals surface area contributed by atoms with Crippen LogP contribution in [0.25, 0.3) is 11.1 Å². The molecule has 2 amide bonds. The van der Waals surface area contributed by atoms with Gasteiger partial charge < -0.3 is 15.4 Å². The van der Waals surface area contributed by atoms with E-state index in [1.165, 1.54) is 5.56 Å². The Morgan fingerprint density at radius 1 is 1.09 bits per heavy atom. The van der Waals surface area contributed by atoms with Crippen molar-refractivity contribution >= 4 is 12.0 Å². The summed E-state index contributed by atoms with van der Waals surface area (Å²) in [4.78, 5) is 29.2. The summed E-state index contributed by atoms with van der Waals surface area (Å²) < 4.78 is 5.47. The molecule has 4 rings (SSSR count). The molecule has 0 aliphatic carbocycles. The number of nitrogens with zero attached hydrogens (tertiary/aromatic N) is 2. The summed E-state index contributed by atoms with van der Waals surface area (Å²) >= 11 is 0. The number of hydrogen-bond donors (Lipinski definition) is 1. The van der Waals surface area contributed by atoms with Gasteiger partial charge in [-0.05, 0) is 56.0 Å². The van der Waals surface area contributed by atoms with Gasteiger partial charge in [-0.2, -0.15) is 0 Å². The molecule has 6 heteroatoms. The van der Waals surface area contributed by atoms with Crippen LogP contribution in [0, 0.1) is 13.8 Å². The van der Waals surface area contributed by atoms with Crippen LogP contribution in [0.5, 0.6) is 0 Å². The van der Waals surface area contributed by atoms with E-state index < -0.39 is 0 Å². The molecule has 2 N–H and O–H groups in total. The third kappa shape index (κ3) is 7.17.